The topological polar surface area (TPSA) is 120 Å². The number of nitro groups is 1. The van der Waals surface area contributed by atoms with Crippen molar-refractivity contribution in [3.05, 3.63) is 27.9 Å². The van der Waals surface area contributed by atoms with E-state index in [1.807, 2.05) is 0 Å². The van der Waals surface area contributed by atoms with Gasteiger partial charge in [-0.05, 0) is 12.8 Å². The number of amides is 1. The first-order valence-corrected chi connectivity index (χ1v) is 5.86. The molecule has 1 saturated heterocycles. The summed E-state index contributed by atoms with van der Waals surface area (Å²) >= 11 is 0. The van der Waals surface area contributed by atoms with Gasteiger partial charge in [-0.25, -0.2) is 4.98 Å². The molecule has 0 atom stereocenters. The first-order chi connectivity index (χ1) is 9.08. The molecule has 0 radical (unpaired) electrons. The highest BCUT2D eigenvalue weighted by molar-refractivity contribution is 5.99. The molecule has 0 spiro atoms. The number of carbonyl (C=O) groups is 1. The molecule has 0 unspecified atom stereocenters. The van der Waals surface area contributed by atoms with Crippen LogP contribution in [0.2, 0.25) is 0 Å². The van der Waals surface area contributed by atoms with Crippen LogP contribution >= 0.6 is 0 Å². The fraction of sp³-hybridized carbons (Fsp3) is 0.455. The van der Waals surface area contributed by atoms with E-state index >= 15 is 0 Å². The van der Waals surface area contributed by atoms with Crippen molar-refractivity contribution in [1.29, 1.82) is 0 Å². The number of hydrogen-bond acceptors (Lipinski definition) is 6. The maximum Gasteiger partial charge on any atom is 0.288 e. The Morgan fingerprint density at radius 1 is 1.53 bits per heavy atom. The van der Waals surface area contributed by atoms with Gasteiger partial charge in [-0.15, -0.1) is 0 Å². The second kappa shape index (κ2) is 5.61. The molecule has 2 rings (SSSR count). The van der Waals surface area contributed by atoms with Crippen molar-refractivity contribution in [1.82, 2.24) is 10.3 Å². The first kappa shape index (κ1) is 13.2. The molecule has 0 aliphatic carbocycles. The summed E-state index contributed by atoms with van der Waals surface area (Å²) in [5, 5.41) is 13.4. The highest BCUT2D eigenvalue weighted by atomic mass is 16.6. The number of carbonyl (C=O) groups excluding carboxylic acids is 1. The van der Waals surface area contributed by atoms with Crippen LogP contribution in [-0.2, 0) is 4.74 Å². The summed E-state index contributed by atoms with van der Waals surface area (Å²) in [6.07, 6.45) is 2.46. The highest BCUT2D eigenvalue weighted by Gasteiger charge is 2.21. The fourth-order valence-corrected chi connectivity index (χ4v) is 1.85. The predicted octanol–water partition coefficient (Wildman–Crippen LogP) is 0.481. The van der Waals surface area contributed by atoms with Crippen LogP contribution in [0.15, 0.2) is 12.3 Å². The Morgan fingerprint density at radius 2 is 2.21 bits per heavy atom. The minimum absolute atomic E-state index is 0.0000813. The third kappa shape index (κ3) is 3.16. The van der Waals surface area contributed by atoms with E-state index in [2.05, 4.69) is 10.3 Å². The lowest BCUT2D eigenvalue weighted by molar-refractivity contribution is -0.385. The average molecular weight is 266 g/mol. The zero-order valence-electron chi connectivity index (χ0n) is 10.2. The third-order valence-corrected chi connectivity index (χ3v) is 2.92. The Kier molecular flexibility index (Phi) is 3.91. The van der Waals surface area contributed by atoms with E-state index in [4.69, 9.17) is 10.5 Å². The molecule has 1 aliphatic rings. The smallest absolute Gasteiger partial charge is 0.288 e. The van der Waals surface area contributed by atoms with E-state index in [1.54, 1.807) is 0 Å². The van der Waals surface area contributed by atoms with Crippen molar-refractivity contribution in [2.45, 2.75) is 18.9 Å². The molecule has 3 N–H and O–H groups in total. The quantitative estimate of drug-likeness (QED) is 0.606. The van der Waals surface area contributed by atoms with Crippen LogP contribution in [0, 0.1) is 10.1 Å². The van der Waals surface area contributed by atoms with Crippen molar-refractivity contribution in [2.75, 3.05) is 18.9 Å². The van der Waals surface area contributed by atoms with Gasteiger partial charge in [0, 0.05) is 25.3 Å². The second-order valence-corrected chi connectivity index (χ2v) is 4.24. The van der Waals surface area contributed by atoms with Gasteiger partial charge in [-0.3, -0.25) is 14.9 Å². The number of anilines is 1. The molecule has 1 aliphatic heterocycles. The van der Waals surface area contributed by atoms with E-state index < -0.39 is 10.8 Å². The zero-order valence-corrected chi connectivity index (χ0v) is 10.2. The Morgan fingerprint density at radius 3 is 2.84 bits per heavy atom. The maximum absolute atomic E-state index is 12.0. The lowest BCUT2D eigenvalue weighted by atomic mass is 10.1. The molecular formula is C11H14N4O4. The molecular weight excluding hydrogens is 252 g/mol. The molecule has 8 nitrogen and oxygen atoms in total. The molecule has 1 amide bonds. The minimum Gasteiger partial charge on any atom is -0.383 e. The monoisotopic (exact) mass is 266 g/mol. The molecule has 1 aromatic rings. The van der Waals surface area contributed by atoms with Gasteiger partial charge < -0.3 is 15.8 Å². The maximum atomic E-state index is 12.0. The van der Waals surface area contributed by atoms with Gasteiger partial charge in [0.2, 0.25) is 0 Å². The van der Waals surface area contributed by atoms with Crippen molar-refractivity contribution in [3.63, 3.8) is 0 Å². The molecule has 8 heteroatoms. The van der Waals surface area contributed by atoms with Crippen molar-refractivity contribution in [3.8, 4) is 0 Å². The highest BCUT2D eigenvalue weighted by Crippen LogP contribution is 2.17. The van der Waals surface area contributed by atoms with Crippen LogP contribution in [0.5, 0.6) is 0 Å². The van der Waals surface area contributed by atoms with Gasteiger partial charge in [0.15, 0.2) is 0 Å². The molecule has 1 aromatic heterocycles. The number of nitrogen functional groups attached to an aromatic ring is 1. The van der Waals surface area contributed by atoms with E-state index in [9.17, 15) is 14.9 Å². The number of ether oxygens (including phenoxy) is 1. The molecule has 2 heterocycles. The molecule has 102 valence electrons. The average Bonchev–Trinajstić information content (AvgIpc) is 2.40. The number of nitrogens with one attached hydrogen (secondary N) is 1. The van der Waals surface area contributed by atoms with Crippen LogP contribution in [0.25, 0.3) is 0 Å². The third-order valence-electron chi connectivity index (χ3n) is 2.92. The van der Waals surface area contributed by atoms with Gasteiger partial charge >= 0.3 is 0 Å². The lowest BCUT2D eigenvalue weighted by Crippen LogP contribution is -2.39. The number of nitrogens with zero attached hydrogens (tertiary/aromatic N) is 2. The summed E-state index contributed by atoms with van der Waals surface area (Å²) in [7, 11) is 0. The molecule has 1 fully saturated rings. The summed E-state index contributed by atoms with van der Waals surface area (Å²) in [5.74, 6) is -0.462. The van der Waals surface area contributed by atoms with E-state index in [-0.39, 0.29) is 23.1 Å². The van der Waals surface area contributed by atoms with Gasteiger partial charge in [0.1, 0.15) is 12.0 Å². The number of pyridine rings is 1. The molecule has 0 aromatic carbocycles. The number of hydrogen-bond donors (Lipinski definition) is 2. The fourth-order valence-electron chi connectivity index (χ4n) is 1.85. The number of nitrogens with two attached hydrogens (primary N) is 1. The van der Waals surface area contributed by atoms with Crippen LogP contribution < -0.4 is 11.1 Å². The van der Waals surface area contributed by atoms with Crippen molar-refractivity contribution >= 4 is 17.4 Å². The van der Waals surface area contributed by atoms with Crippen molar-refractivity contribution in [2.24, 2.45) is 0 Å². The van der Waals surface area contributed by atoms with Gasteiger partial charge in [-0.1, -0.05) is 0 Å². The normalized spacial score (nSPS) is 16.0. The summed E-state index contributed by atoms with van der Waals surface area (Å²) in [6.45, 7) is 1.18. The molecule has 0 bridgehead atoms. The Bertz CT molecular complexity index is 499. The first-order valence-electron chi connectivity index (χ1n) is 5.86. The Labute approximate surface area is 109 Å². The summed E-state index contributed by atoms with van der Waals surface area (Å²) in [6, 6.07) is 1.14. The summed E-state index contributed by atoms with van der Waals surface area (Å²) in [4.78, 5) is 25.7. The largest absolute Gasteiger partial charge is 0.383 e. The Hall–Kier alpha value is -2.22. The van der Waals surface area contributed by atoms with Gasteiger partial charge in [0.05, 0.1) is 10.5 Å². The summed E-state index contributed by atoms with van der Waals surface area (Å²) < 4.78 is 5.18. The zero-order chi connectivity index (χ0) is 13.8. The van der Waals surface area contributed by atoms with E-state index in [0.29, 0.717) is 26.1 Å². The van der Waals surface area contributed by atoms with Gasteiger partial charge in [-0.2, -0.15) is 0 Å². The Balaban J connectivity index is 2.13. The second-order valence-electron chi connectivity index (χ2n) is 4.24. The van der Waals surface area contributed by atoms with Crippen LogP contribution in [-0.4, -0.2) is 35.1 Å². The van der Waals surface area contributed by atoms with E-state index in [1.165, 1.54) is 0 Å². The van der Waals surface area contributed by atoms with Crippen LogP contribution in [0.1, 0.15) is 23.2 Å². The predicted molar refractivity (Wildman–Crippen MR) is 66.6 cm³/mol. The number of rotatable bonds is 3. The molecule has 0 saturated carbocycles. The molecule has 19 heavy (non-hydrogen) atoms. The standard InChI is InChI=1S/C11H14N4O4/c12-10-9(5-8(6-13-10)15(17)18)11(16)14-7-1-3-19-4-2-7/h5-7H,1-4H2,(H2,12,13)(H,14,16). The van der Waals surface area contributed by atoms with E-state index in [0.717, 1.165) is 12.3 Å². The lowest BCUT2D eigenvalue weighted by Gasteiger charge is -2.23. The van der Waals surface area contributed by atoms with Crippen LogP contribution in [0.4, 0.5) is 11.5 Å². The van der Waals surface area contributed by atoms with Crippen LogP contribution in [0.3, 0.4) is 0 Å². The van der Waals surface area contributed by atoms with Crippen molar-refractivity contribution < 1.29 is 14.5 Å². The SMILES string of the molecule is Nc1ncc([N+](=O)[O-])cc1C(=O)NC1CCOCC1. The number of aromatic nitrogens is 1. The summed E-state index contributed by atoms with van der Waals surface area (Å²) in [5.41, 5.74) is 5.35. The van der Waals surface area contributed by atoms with Gasteiger partial charge in [0.25, 0.3) is 11.6 Å². The minimum atomic E-state index is -0.613.